The molecule has 0 heterocycles. The summed E-state index contributed by atoms with van der Waals surface area (Å²) in [6.45, 7) is 6.15. The number of rotatable bonds is 9. The molecule has 1 unspecified atom stereocenters. The molecule has 2 aromatic carbocycles. The zero-order chi connectivity index (χ0) is 19.6. The van der Waals surface area contributed by atoms with Crippen LogP contribution in [0.1, 0.15) is 37.8 Å². The van der Waals surface area contributed by atoms with E-state index in [0.717, 1.165) is 16.9 Å². The number of hydrogen-bond acceptors (Lipinski definition) is 5. The number of esters is 2. The van der Waals surface area contributed by atoms with Crippen LogP contribution in [0.15, 0.2) is 54.6 Å². The minimum atomic E-state index is -0.985. The lowest BCUT2D eigenvalue weighted by Crippen LogP contribution is -2.32. The van der Waals surface area contributed by atoms with Crippen LogP contribution >= 0.6 is 0 Å². The molecule has 2 rings (SSSR count). The van der Waals surface area contributed by atoms with Gasteiger partial charge in [0, 0.05) is 5.92 Å². The van der Waals surface area contributed by atoms with Crippen LogP contribution in [0.5, 0.6) is 5.75 Å². The Balaban J connectivity index is 2.07. The van der Waals surface area contributed by atoms with E-state index in [4.69, 9.17) is 14.2 Å². The maximum Gasteiger partial charge on any atom is 0.320 e. The molecular formula is C22H26O5. The van der Waals surface area contributed by atoms with E-state index in [1.165, 1.54) is 0 Å². The molecule has 0 aliphatic carbocycles. The quantitative estimate of drug-likeness (QED) is 0.491. The molecule has 5 nitrogen and oxygen atoms in total. The number of carbonyl (C=O) groups excluding carboxylic acids is 2. The molecule has 0 saturated carbocycles. The maximum atomic E-state index is 12.3. The van der Waals surface area contributed by atoms with Gasteiger partial charge >= 0.3 is 11.9 Å². The van der Waals surface area contributed by atoms with Gasteiger partial charge in [0.2, 0.25) is 0 Å². The summed E-state index contributed by atoms with van der Waals surface area (Å²) in [5.74, 6) is -1.76. The summed E-state index contributed by atoms with van der Waals surface area (Å²) in [5, 5.41) is 0. The second-order valence-electron chi connectivity index (χ2n) is 6.11. The molecule has 0 radical (unpaired) electrons. The third-order valence-electron chi connectivity index (χ3n) is 4.24. The van der Waals surface area contributed by atoms with E-state index in [2.05, 4.69) is 0 Å². The summed E-state index contributed by atoms with van der Waals surface area (Å²) in [6, 6.07) is 17.3. The van der Waals surface area contributed by atoms with E-state index in [1.54, 1.807) is 13.8 Å². The van der Waals surface area contributed by atoms with Gasteiger partial charge < -0.3 is 14.2 Å². The van der Waals surface area contributed by atoms with Crippen LogP contribution in [0.25, 0.3) is 0 Å². The van der Waals surface area contributed by atoms with Crippen LogP contribution in [0.3, 0.4) is 0 Å². The van der Waals surface area contributed by atoms with Gasteiger partial charge in [0.05, 0.1) is 13.2 Å². The molecule has 1 atom stereocenters. The average Bonchev–Trinajstić information content (AvgIpc) is 2.68. The lowest BCUT2D eigenvalue weighted by Gasteiger charge is -2.21. The van der Waals surface area contributed by atoms with Crippen LogP contribution in [0, 0.1) is 5.92 Å². The highest BCUT2D eigenvalue weighted by molar-refractivity contribution is 5.96. The first-order valence-electron chi connectivity index (χ1n) is 9.16. The summed E-state index contributed by atoms with van der Waals surface area (Å²) in [6.07, 6.45) is 0. The second-order valence-corrected chi connectivity index (χ2v) is 6.11. The Kier molecular flexibility index (Phi) is 7.86. The monoisotopic (exact) mass is 370 g/mol. The van der Waals surface area contributed by atoms with Crippen LogP contribution in [0.4, 0.5) is 0 Å². The van der Waals surface area contributed by atoms with Gasteiger partial charge in [-0.3, -0.25) is 9.59 Å². The Hall–Kier alpha value is -2.82. The summed E-state index contributed by atoms with van der Waals surface area (Å²) in [4.78, 5) is 24.5. The fourth-order valence-electron chi connectivity index (χ4n) is 2.77. The van der Waals surface area contributed by atoms with Crippen LogP contribution in [-0.4, -0.2) is 25.2 Å². The van der Waals surface area contributed by atoms with Gasteiger partial charge in [-0.05, 0) is 37.1 Å². The second kappa shape index (κ2) is 10.4. The topological polar surface area (TPSA) is 61.8 Å². The normalized spacial score (nSPS) is 11.7. The molecule has 0 N–H and O–H groups in total. The van der Waals surface area contributed by atoms with Crippen molar-refractivity contribution in [3.63, 3.8) is 0 Å². The van der Waals surface area contributed by atoms with Crippen molar-refractivity contribution in [3.8, 4) is 5.75 Å². The summed E-state index contributed by atoms with van der Waals surface area (Å²) in [5.41, 5.74) is 1.92. The van der Waals surface area contributed by atoms with Crippen molar-refractivity contribution >= 4 is 11.9 Å². The number of hydrogen-bond donors (Lipinski definition) is 0. The van der Waals surface area contributed by atoms with E-state index >= 15 is 0 Å². The summed E-state index contributed by atoms with van der Waals surface area (Å²) < 4.78 is 15.9. The van der Waals surface area contributed by atoms with Gasteiger partial charge in [-0.25, -0.2) is 0 Å². The third kappa shape index (κ3) is 5.84. The molecule has 27 heavy (non-hydrogen) atoms. The first-order chi connectivity index (χ1) is 13.1. The molecule has 0 aromatic heterocycles. The standard InChI is InChI=1S/C22H26O5/c1-4-25-21(23)20(22(24)26-5-2)16(3)18-11-13-19(14-12-18)27-15-17-9-7-6-8-10-17/h6-14,16,20H,4-5,15H2,1-3H3. The van der Waals surface area contributed by atoms with Crippen LogP contribution in [-0.2, 0) is 25.7 Å². The van der Waals surface area contributed by atoms with E-state index in [9.17, 15) is 9.59 Å². The largest absolute Gasteiger partial charge is 0.489 e. The molecule has 2 aromatic rings. The fraction of sp³-hybridized carbons (Fsp3) is 0.364. The number of ether oxygens (including phenoxy) is 3. The highest BCUT2D eigenvalue weighted by atomic mass is 16.6. The van der Waals surface area contributed by atoms with Gasteiger partial charge in [-0.2, -0.15) is 0 Å². The highest BCUT2D eigenvalue weighted by Crippen LogP contribution is 2.28. The molecule has 0 saturated heterocycles. The van der Waals surface area contributed by atoms with Gasteiger partial charge in [0.25, 0.3) is 0 Å². The molecule has 0 amide bonds. The minimum Gasteiger partial charge on any atom is -0.489 e. The van der Waals surface area contributed by atoms with Crippen LogP contribution in [0.2, 0.25) is 0 Å². The minimum absolute atomic E-state index is 0.216. The number of benzene rings is 2. The van der Waals surface area contributed by atoms with E-state index in [-0.39, 0.29) is 19.1 Å². The lowest BCUT2D eigenvalue weighted by atomic mass is 9.87. The van der Waals surface area contributed by atoms with Gasteiger partial charge in [-0.15, -0.1) is 0 Å². The average molecular weight is 370 g/mol. The first kappa shape index (κ1) is 20.5. The fourth-order valence-corrected chi connectivity index (χ4v) is 2.77. The molecule has 0 bridgehead atoms. The van der Waals surface area contributed by atoms with Crippen molar-refractivity contribution in [2.75, 3.05) is 13.2 Å². The van der Waals surface area contributed by atoms with Crippen molar-refractivity contribution in [1.82, 2.24) is 0 Å². The van der Waals surface area contributed by atoms with Gasteiger partial charge in [-0.1, -0.05) is 49.4 Å². The molecule has 5 heteroatoms. The number of carbonyl (C=O) groups is 2. The van der Waals surface area contributed by atoms with Crippen molar-refractivity contribution in [2.24, 2.45) is 5.92 Å². The Bertz CT molecular complexity index is 706. The van der Waals surface area contributed by atoms with E-state index < -0.39 is 17.9 Å². The molecule has 0 fully saturated rings. The zero-order valence-electron chi connectivity index (χ0n) is 16.0. The molecular weight excluding hydrogens is 344 g/mol. The highest BCUT2D eigenvalue weighted by Gasteiger charge is 2.35. The van der Waals surface area contributed by atoms with Crippen molar-refractivity contribution < 1.29 is 23.8 Å². The van der Waals surface area contributed by atoms with E-state index in [1.807, 2.05) is 61.5 Å². The summed E-state index contributed by atoms with van der Waals surface area (Å²) in [7, 11) is 0. The predicted molar refractivity (Wildman–Crippen MR) is 102 cm³/mol. The maximum absolute atomic E-state index is 12.3. The smallest absolute Gasteiger partial charge is 0.320 e. The Labute approximate surface area is 160 Å². The van der Waals surface area contributed by atoms with Crippen molar-refractivity contribution in [3.05, 3.63) is 65.7 Å². The van der Waals surface area contributed by atoms with Gasteiger partial charge in [0.15, 0.2) is 5.92 Å². The summed E-state index contributed by atoms with van der Waals surface area (Å²) >= 11 is 0. The Morgan fingerprint density at radius 2 is 1.41 bits per heavy atom. The molecule has 0 aliphatic heterocycles. The van der Waals surface area contributed by atoms with Gasteiger partial charge in [0.1, 0.15) is 12.4 Å². The first-order valence-corrected chi connectivity index (χ1v) is 9.16. The lowest BCUT2D eigenvalue weighted by molar-refractivity contribution is -0.162. The molecule has 0 spiro atoms. The van der Waals surface area contributed by atoms with Crippen molar-refractivity contribution in [2.45, 2.75) is 33.3 Å². The molecule has 144 valence electrons. The van der Waals surface area contributed by atoms with Crippen molar-refractivity contribution in [1.29, 1.82) is 0 Å². The molecule has 0 aliphatic rings. The van der Waals surface area contributed by atoms with Crippen LogP contribution < -0.4 is 4.74 Å². The van der Waals surface area contributed by atoms with E-state index in [0.29, 0.717) is 6.61 Å². The third-order valence-corrected chi connectivity index (χ3v) is 4.24. The zero-order valence-corrected chi connectivity index (χ0v) is 16.0. The Morgan fingerprint density at radius 1 is 0.852 bits per heavy atom. The predicted octanol–water partition coefficient (Wildman–Crippen LogP) is 4.11. The SMILES string of the molecule is CCOC(=O)C(C(=O)OCC)C(C)c1ccc(OCc2ccccc2)cc1. The Morgan fingerprint density at radius 3 is 1.93 bits per heavy atom.